The third-order valence-electron chi connectivity index (χ3n) is 3.02. The average Bonchev–Trinajstić information content (AvgIpc) is 2.39. The average molecular weight is 270 g/mol. The quantitative estimate of drug-likeness (QED) is 0.907. The molecule has 0 radical (unpaired) electrons. The zero-order valence-electron chi connectivity index (χ0n) is 11.9. The molecule has 0 unspecified atom stereocenters. The van der Waals surface area contributed by atoms with E-state index < -0.39 is 5.97 Å². The van der Waals surface area contributed by atoms with Gasteiger partial charge in [0.05, 0.1) is 11.7 Å². The first-order chi connectivity index (χ1) is 9.47. The molecule has 3 heteroatoms. The molecule has 2 rings (SSSR count). The van der Waals surface area contributed by atoms with Gasteiger partial charge in [-0.05, 0) is 61.7 Å². The van der Waals surface area contributed by atoms with Gasteiger partial charge in [-0.15, -0.1) is 0 Å². The van der Waals surface area contributed by atoms with E-state index in [1.165, 1.54) is 0 Å². The van der Waals surface area contributed by atoms with Crippen LogP contribution in [0.4, 0.5) is 0 Å². The van der Waals surface area contributed by atoms with Crippen LogP contribution in [-0.2, 0) is 0 Å². The maximum absolute atomic E-state index is 11.1. The first kappa shape index (κ1) is 14.1. The molecular weight excluding hydrogens is 252 g/mol. The van der Waals surface area contributed by atoms with Crippen LogP contribution >= 0.6 is 0 Å². The van der Waals surface area contributed by atoms with Crippen molar-refractivity contribution in [2.75, 3.05) is 0 Å². The molecule has 0 aliphatic rings. The van der Waals surface area contributed by atoms with E-state index in [2.05, 4.69) is 0 Å². The van der Waals surface area contributed by atoms with Crippen LogP contribution in [0, 0.1) is 6.92 Å². The van der Waals surface area contributed by atoms with Crippen LogP contribution in [0.2, 0.25) is 0 Å². The fraction of sp³-hybridized carbons (Fsp3) is 0.235. The van der Waals surface area contributed by atoms with Gasteiger partial charge in [0, 0.05) is 0 Å². The van der Waals surface area contributed by atoms with Gasteiger partial charge in [0.25, 0.3) is 0 Å². The second-order valence-electron chi connectivity index (χ2n) is 5.03. The van der Waals surface area contributed by atoms with Gasteiger partial charge < -0.3 is 9.84 Å². The van der Waals surface area contributed by atoms with Crippen LogP contribution in [0.5, 0.6) is 5.75 Å². The van der Waals surface area contributed by atoms with Crippen LogP contribution in [0.25, 0.3) is 11.1 Å². The maximum Gasteiger partial charge on any atom is 0.335 e. The molecule has 0 saturated heterocycles. The van der Waals surface area contributed by atoms with E-state index in [9.17, 15) is 4.79 Å². The van der Waals surface area contributed by atoms with Crippen molar-refractivity contribution in [3.05, 3.63) is 53.6 Å². The Hall–Kier alpha value is -2.29. The second kappa shape index (κ2) is 5.78. The number of carboxylic acid groups (broad SMARTS) is 1. The van der Waals surface area contributed by atoms with E-state index in [1.807, 2.05) is 51.1 Å². The van der Waals surface area contributed by atoms with Gasteiger partial charge in [-0.3, -0.25) is 0 Å². The van der Waals surface area contributed by atoms with Crippen LogP contribution < -0.4 is 4.74 Å². The Balaban J connectivity index is 2.36. The Kier molecular flexibility index (Phi) is 4.08. The number of carboxylic acids is 1. The van der Waals surface area contributed by atoms with E-state index >= 15 is 0 Å². The lowest BCUT2D eigenvalue weighted by atomic mass is 9.98. The minimum absolute atomic E-state index is 0.137. The Morgan fingerprint density at radius 1 is 1.10 bits per heavy atom. The minimum Gasteiger partial charge on any atom is -0.491 e. The lowest BCUT2D eigenvalue weighted by molar-refractivity contribution is 0.0697. The van der Waals surface area contributed by atoms with Crippen LogP contribution in [0.15, 0.2) is 42.5 Å². The van der Waals surface area contributed by atoms with Gasteiger partial charge >= 0.3 is 5.97 Å². The summed E-state index contributed by atoms with van der Waals surface area (Å²) in [6.45, 7) is 5.93. The lowest BCUT2D eigenvalue weighted by Gasteiger charge is -2.11. The fourth-order valence-electron chi connectivity index (χ4n) is 2.05. The number of hydrogen-bond acceptors (Lipinski definition) is 2. The fourth-order valence-corrected chi connectivity index (χ4v) is 2.05. The van der Waals surface area contributed by atoms with Crippen molar-refractivity contribution in [3.8, 4) is 16.9 Å². The van der Waals surface area contributed by atoms with E-state index in [1.54, 1.807) is 12.1 Å². The highest BCUT2D eigenvalue weighted by atomic mass is 16.5. The predicted octanol–water partition coefficient (Wildman–Crippen LogP) is 4.15. The molecule has 0 saturated carbocycles. The van der Waals surface area contributed by atoms with Crippen LogP contribution in [0.1, 0.15) is 29.8 Å². The number of ether oxygens (including phenoxy) is 1. The second-order valence-corrected chi connectivity index (χ2v) is 5.03. The zero-order valence-corrected chi connectivity index (χ0v) is 11.9. The highest BCUT2D eigenvalue weighted by molar-refractivity contribution is 5.90. The number of aromatic carboxylic acids is 1. The molecule has 0 heterocycles. The maximum atomic E-state index is 11.1. The molecule has 0 amide bonds. The van der Waals surface area contributed by atoms with Gasteiger partial charge in [0.1, 0.15) is 5.75 Å². The monoisotopic (exact) mass is 270 g/mol. The van der Waals surface area contributed by atoms with Gasteiger partial charge in [0.15, 0.2) is 0 Å². The molecule has 0 atom stereocenters. The lowest BCUT2D eigenvalue weighted by Crippen LogP contribution is -2.05. The zero-order chi connectivity index (χ0) is 14.7. The van der Waals surface area contributed by atoms with Crippen molar-refractivity contribution < 1.29 is 14.6 Å². The van der Waals surface area contributed by atoms with E-state index in [0.717, 1.165) is 22.4 Å². The van der Waals surface area contributed by atoms with Crippen molar-refractivity contribution in [3.63, 3.8) is 0 Å². The minimum atomic E-state index is -0.911. The molecule has 1 N–H and O–H groups in total. The third kappa shape index (κ3) is 3.18. The summed E-state index contributed by atoms with van der Waals surface area (Å²) in [5.74, 6) is -0.0956. The van der Waals surface area contributed by atoms with Crippen LogP contribution in [-0.4, -0.2) is 17.2 Å². The topological polar surface area (TPSA) is 46.5 Å². The third-order valence-corrected chi connectivity index (χ3v) is 3.02. The molecule has 0 spiro atoms. The first-order valence-corrected chi connectivity index (χ1v) is 6.58. The summed E-state index contributed by atoms with van der Waals surface area (Å²) in [5.41, 5.74) is 3.27. The SMILES string of the molecule is Cc1ccc(C(=O)O)cc1-c1ccc(OC(C)C)cc1. The molecule has 0 aromatic heterocycles. The number of aryl methyl sites for hydroxylation is 1. The molecule has 0 fully saturated rings. The Bertz CT molecular complexity index is 613. The molecule has 2 aromatic rings. The summed E-state index contributed by atoms with van der Waals surface area (Å²) in [7, 11) is 0. The van der Waals surface area contributed by atoms with Crippen molar-refractivity contribution in [1.82, 2.24) is 0 Å². The smallest absolute Gasteiger partial charge is 0.335 e. The Labute approximate surface area is 118 Å². The van der Waals surface area contributed by atoms with Gasteiger partial charge in [0.2, 0.25) is 0 Å². The van der Waals surface area contributed by atoms with Crippen molar-refractivity contribution in [1.29, 1.82) is 0 Å². The van der Waals surface area contributed by atoms with E-state index in [4.69, 9.17) is 9.84 Å². The van der Waals surface area contributed by atoms with Crippen LogP contribution in [0.3, 0.4) is 0 Å². The Morgan fingerprint density at radius 2 is 1.75 bits per heavy atom. The van der Waals surface area contributed by atoms with Crippen molar-refractivity contribution in [2.24, 2.45) is 0 Å². The number of hydrogen-bond donors (Lipinski definition) is 1. The molecule has 2 aromatic carbocycles. The molecule has 0 bridgehead atoms. The summed E-state index contributed by atoms with van der Waals surface area (Å²) in [6, 6.07) is 12.9. The first-order valence-electron chi connectivity index (χ1n) is 6.58. The van der Waals surface area contributed by atoms with Crippen molar-refractivity contribution >= 4 is 5.97 Å². The standard InChI is InChI=1S/C17H18O3/c1-11(2)20-15-8-6-13(7-9-15)16-10-14(17(18)19)5-4-12(16)3/h4-11H,1-3H3,(H,18,19). The van der Waals surface area contributed by atoms with E-state index in [0.29, 0.717) is 5.56 Å². The van der Waals surface area contributed by atoms with Gasteiger partial charge in [-0.2, -0.15) is 0 Å². The summed E-state index contributed by atoms with van der Waals surface area (Å²) in [6.07, 6.45) is 0.137. The predicted molar refractivity (Wildman–Crippen MR) is 79.3 cm³/mol. The highest BCUT2D eigenvalue weighted by Gasteiger charge is 2.08. The largest absolute Gasteiger partial charge is 0.491 e. The van der Waals surface area contributed by atoms with Crippen molar-refractivity contribution in [2.45, 2.75) is 26.9 Å². The number of carbonyl (C=O) groups is 1. The summed E-state index contributed by atoms with van der Waals surface area (Å²) in [5, 5.41) is 9.07. The van der Waals surface area contributed by atoms with E-state index in [-0.39, 0.29) is 6.10 Å². The molecule has 0 aliphatic heterocycles. The molecule has 104 valence electrons. The number of benzene rings is 2. The summed E-state index contributed by atoms with van der Waals surface area (Å²) >= 11 is 0. The molecular formula is C17H18O3. The van der Waals surface area contributed by atoms with Gasteiger partial charge in [-0.25, -0.2) is 4.79 Å². The number of rotatable bonds is 4. The normalized spacial score (nSPS) is 10.6. The summed E-state index contributed by atoms with van der Waals surface area (Å²) < 4.78 is 5.60. The van der Waals surface area contributed by atoms with Gasteiger partial charge in [-0.1, -0.05) is 18.2 Å². The molecule has 20 heavy (non-hydrogen) atoms. The Morgan fingerprint density at radius 3 is 2.30 bits per heavy atom. The molecule has 0 aliphatic carbocycles. The highest BCUT2D eigenvalue weighted by Crippen LogP contribution is 2.27. The molecule has 3 nitrogen and oxygen atoms in total. The summed E-state index contributed by atoms with van der Waals surface area (Å²) in [4.78, 5) is 11.1.